The standard InChI is InChI=1S/C20H23NO2/c1-23-19-8-7-13-9-15(6-5-14(13)12-19)20(22)16-10-17-3-2-4-18(11-16)21-17/h5-9,12,16-18,21H,2-4,10-11H2,1H3. The molecule has 0 aromatic heterocycles. The van der Waals surface area contributed by atoms with Gasteiger partial charge in [-0.15, -0.1) is 0 Å². The van der Waals surface area contributed by atoms with E-state index in [4.69, 9.17) is 4.74 Å². The monoisotopic (exact) mass is 309 g/mol. The zero-order valence-electron chi connectivity index (χ0n) is 13.5. The maximum Gasteiger partial charge on any atom is 0.166 e. The van der Waals surface area contributed by atoms with E-state index in [1.165, 1.54) is 19.3 Å². The minimum absolute atomic E-state index is 0.183. The average molecular weight is 309 g/mol. The number of methoxy groups -OCH3 is 1. The largest absolute Gasteiger partial charge is 0.497 e. The SMILES string of the molecule is COc1ccc2cc(C(=O)C3CC4CCCC(C3)N4)ccc2c1. The third-order valence-electron chi connectivity index (χ3n) is 5.42. The lowest BCUT2D eigenvalue weighted by Crippen LogP contribution is -2.50. The number of Topliss-reactive ketones (excluding diaryl/α,β-unsaturated/α-hetero) is 1. The molecule has 2 heterocycles. The Bertz CT molecular complexity index is 727. The first-order valence-corrected chi connectivity index (χ1v) is 8.61. The Morgan fingerprint density at radius 1 is 1.04 bits per heavy atom. The fourth-order valence-corrected chi connectivity index (χ4v) is 4.22. The fourth-order valence-electron chi connectivity index (χ4n) is 4.22. The average Bonchev–Trinajstić information content (AvgIpc) is 2.59. The Morgan fingerprint density at radius 3 is 2.48 bits per heavy atom. The highest BCUT2D eigenvalue weighted by Crippen LogP contribution is 2.32. The smallest absolute Gasteiger partial charge is 0.166 e. The van der Waals surface area contributed by atoms with Crippen molar-refractivity contribution >= 4 is 16.6 Å². The molecule has 0 spiro atoms. The Labute approximate surface area is 137 Å². The number of carbonyl (C=O) groups is 1. The normalized spacial score (nSPS) is 26.9. The van der Waals surface area contributed by atoms with Crippen LogP contribution in [0.2, 0.25) is 0 Å². The summed E-state index contributed by atoms with van der Waals surface area (Å²) in [5, 5.41) is 5.88. The van der Waals surface area contributed by atoms with Crippen molar-refractivity contribution < 1.29 is 9.53 Å². The molecule has 120 valence electrons. The topological polar surface area (TPSA) is 38.3 Å². The lowest BCUT2D eigenvalue weighted by molar-refractivity contribution is 0.0825. The van der Waals surface area contributed by atoms with Gasteiger partial charge in [-0.05, 0) is 54.7 Å². The summed E-state index contributed by atoms with van der Waals surface area (Å²) in [5.74, 6) is 1.35. The highest BCUT2D eigenvalue weighted by molar-refractivity contribution is 6.01. The molecule has 2 fully saturated rings. The summed E-state index contributed by atoms with van der Waals surface area (Å²) in [6, 6.07) is 13.1. The third kappa shape index (κ3) is 2.86. The number of piperidine rings is 2. The minimum atomic E-state index is 0.183. The lowest BCUT2D eigenvalue weighted by Gasteiger charge is -2.39. The predicted molar refractivity (Wildman–Crippen MR) is 92.1 cm³/mol. The number of nitrogens with one attached hydrogen (secondary N) is 1. The molecular formula is C20H23NO2. The second-order valence-corrected chi connectivity index (χ2v) is 6.95. The second-order valence-electron chi connectivity index (χ2n) is 6.95. The van der Waals surface area contributed by atoms with Crippen LogP contribution in [-0.4, -0.2) is 25.0 Å². The van der Waals surface area contributed by atoms with Crippen molar-refractivity contribution in [2.75, 3.05) is 7.11 Å². The highest BCUT2D eigenvalue weighted by atomic mass is 16.5. The van der Waals surface area contributed by atoms with Crippen molar-refractivity contribution in [3.05, 3.63) is 42.0 Å². The first-order chi connectivity index (χ1) is 11.2. The number of ketones is 1. The molecule has 0 saturated carbocycles. The summed E-state index contributed by atoms with van der Waals surface area (Å²) in [6.45, 7) is 0. The molecule has 1 N–H and O–H groups in total. The van der Waals surface area contributed by atoms with E-state index in [1.54, 1.807) is 7.11 Å². The highest BCUT2D eigenvalue weighted by Gasteiger charge is 2.34. The van der Waals surface area contributed by atoms with Gasteiger partial charge in [0.25, 0.3) is 0 Å². The molecule has 0 aliphatic carbocycles. The fraction of sp³-hybridized carbons (Fsp3) is 0.450. The molecular weight excluding hydrogens is 286 g/mol. The van der Waals surface area contributed by atoms with Gasteiger partial charge in [-0.2, -0.15) is 0 Å². The van der Waals surface area contributed by atoms with Crippen LogP contribution in [0, 0.1) is 5.92 Å². The Kier molecular flexibility index (Phi) is 3.82. The quantitative estimate of drug-likeness (QED) is 0.872. The molecule has 3 heteroatoms. The number of ether oxygens (including phenoxy) is 1. The molecule has 2 unspecified atom stereocenters. The van der Waals surface area contributed by atoms with E-state index < -0.39 is 0 Å². The van der Waals surface area contributed by atoms with E-state index in [-0.39, 0.29) is 5.92 Å². The van der Waals surface area contributed by atoms with Gasteiger partial charge in [0.15, 0.2) is 5.78 Å². The van der Waals surface area contributed by atoms with Gasteiger partial charge in [-0.3, -0.25) is 4.79 Å². The number of fused-ring (bicyclic) bond motifs is 3. The molecule has 0 radical (unpaired) electrons. The summed E-state index contributed by atoms with van der Waals surface area (Å²) >= 11 is 0. The number of benzene rings is 2. The van der Waals surface area contributed by atoms with E-state index >= 15 is 0 Å². The van der Waals surface area contributed by atoms with Crippen LogP contribution in [-0.2, 0) is 0 Å². The van der Waals surface area contributed by atoms with Gasteiger partial charge in [0.05, 0.1) is 7.11 Å². The van der Waals surface area contributed by atoms with Crippen molar-refractivity contribution in [3.8, 4) is 5.75 Å². The van der Waals surface area contributed by atoms with Crippen molar-refractivity contribution in [3.63, 3.8) is 0 Å². The lowest BCUT2D eigenvalue weighted by atomic mass is 9.77. The van der Waals surface area contributed by atoms with Crippen LogP contribution in [0.1, 0.15) is 42.5 Å². The van der Waals surface area contributed by atoms with Gasteiger partial charge in [-0.1, -0.05) is 24.6 Å². The molecule has 23 heavy (non-hydrogen) atoms. The summed E-state index contributed by atoms with van der Waals surface area (Å²) in [5.41, 5.74) is 0.854. The van der Waals surface area contributed by atoms with Crippen molar-refractivity contribution in [1.29, 1.82) is 0 Å². The van der Waals surface area contributed by atoms with E-state index in [9.17, 15) is 4.79 Å². The van der Waals surface area contributed by atoms with E-state index in [1.807, 2.05) is 36.4 Å². The van der Waals surface area contributed by atoms with Gasteiger partial charge >= 0.3 is 0 Å². The van der Waals surface area contributed by atoms with Crippen molar-refractivity contribution in [1.82, 2.24) is 5.32 Å². The van der Waals surface area contributed by atoms with E-state index in [0.29, 0.717) is 17.9 Å². The summed E-state index contributed by atoms with van der Waals surface area (Å²) in [4.78, 5) is 12.9. The Hall–Kier alpha value is -1.87. The summed E-state index contributed by atoms with van der Waals surface area (Å²) in [7, 11) is 1.67. The van der Waals surface area contributed by atoms with Crippen LogP contribution >= 0.6 is 0 Å². The number of carbonyl (C=O) groups excluding carboxylic acids is 1. The second kappa shape index (κ2) is 5.97. The molecule has 2 aliphatic heterocycles. The van der Waals surface area contributed by atoms with Crippen molar-refractivity contribution in [2.24, 2.45) is 5.92 Å². The molecule has 3 nitrogen and oxygen atoms in total. The zero-order chi connectivity index (χ0) is 15.8. The molecule has 2 bridgehead atoms. The molecule has 2 atom stereocenters. The van der Waals surface area contributed by atoms with Crippen molar-refractivity contribution in [2.45, 2.75) is 44.2 Å². The maximum atomic E-state index is 12.9. The van der Waals surface area contributed by atoms with Gasteiger partial charge in [0, 0.05) is 23.6 Å². The molecule has 4 rings (SSSR count). The van der Waals surface area contributed by atoms with Gasteiger partial charge < -0.3 is 10.1 Å². The summed E-state index contributed by atoms with van der Waals surface area (Å²) < 4.78 is 5.26. The van der Waals surface area contributed by atoms with Crippen LogP contribution in [0.15, 0.2) is 36.4 Å². The van der Waals surface area contributed by atoms with E-state index in [0.717, 1.165) is 34.9 Å². The molecule has 2 aromatic carbocycles. The van der Waals surface area contributed by atoms with Crippen LogP contribution in [0.5, 0.6) is 5.75 Å². The summed E-state index contributed by atoms with van der Waals surface area (Å²) in [6.07, 6.45) is 5.74. The van der Waals surface area contributed by atoms with Crippen LogP contribution in [0.4, 0.5) is 0 Å². The zero-order valence-corrected chi connectivity index (χ0v) is 13.5. The minimum Gasteiger partial charge on any atom is -0.497 e. The molecule has 2 aromatic rings. The Morgan fingerprint density at radius 2 is 1.74 bits per heavy atom. The van der Waals surface area contributed by atoms with Crippen LogP contribution in [0.25, 0.3) is 10.8 Å². The van der Waals surface area contributed by atoms with Gasteiger partial charge in [0.2, 0.25) is 0 Å². The van der Waals surface area contributed by atoms with Crippen LogP contribution in [0.3, 0.4) is 0 Å². The molecule has 2 saturated heterocycles. The van der Waals surface area contributed by atoms with Crippen LogP contribution < -0.4 is 10.1 Å². The Balaban J connectivity index is 1.59. The van der Waals surface area contributed by atoms with E-state index in [2.05, 4.69) is 5.32 Å². The number of hydrogen-bond acceptors (Lipinski definition) is 3. The first kappa shape index (κ1) is 14.7. The van der Waals surface area contributed by atoms with Gasteiger partial charge in [-0.25, -0.2) is 0 Å². The molecule has 2 aliphatic rings. The predicted octanol–water partition coefficient (Wildman–Crippen LogP) is 3.95. The van der Waals surface area contributed by atoms with Gasteiger partial charge in [0.1, 0.15) is 5.75 Å². The first-order valence-electron chi connectivity index (χ1n) is 8.61. The maximum absolute atomic E-state index is 12.9. The number of rotatable bonds is 3. The third-order valence-corrected chi connectivity index (χ3v) is 5.42. The molecule has 0 amide bonds. The number of hydrogen-bond donors (Lipinski definition) is 1.